The van der Waals surface area contributed by atoms with E-state index in [-0.39, 0.29) is 35.6 Å². The molecule has 10 nitrogen and oxygen atoms in total. The van der Waals surface area contributed by atoms with Gasteiger partial charge < -0.3 is 15.1 Å². The first-order chi connectivity index (χ1) is 19.6. The summed E-state index contributed by atoms with van der Waals surface area (Å²) in [5.41, 5.74) is 1.75. The lowest BCUT2D eigenvalue weighted by Gasteiger charge is -2.32. The number of nitrogens with zero attached hydrogens (tertiary/aromatic N) is 3. The van der Waals surface area contributed by atoms with E-state index in [0.29, 0.717) is 31.4 Å². The topological polar surface area (TPSA) is 127 Å². The van der Waals surface area contributed by atoms with E-state index >= 15 is 0 Å². The Kier molecular flexibility index (Phi) is 10.5. The maximum Gasteiger partial charge on any atom is 0.437 e. The Hall–Kier alpha value is -3.27. The lowest BCUT2D eigenvalue weighted by molar-refractivity contribution is -0.127. The average Bonchev–Trinajstić information content (AvgIpc) is 3.57. The van der Waals surface area contributed by atoms with Crippen molar-refractivity contribution in [3.63, 3.8) is 0 Å². The third-order valence-electron chi connectivity index (χ3n) is 7.94. The highest BCUT2D eigenvalue weighted by Crippen LogP contribution is 2.26. The van der Waals surface area contributed by atoms with Gasteiger partial charge in [-0.3, -0.25) is 19.3 Å². The zero-order valence-electron chi connectivity index (χ0n) is 24.9. The average molecular weight is 568 g/mol. The predicted molar refractivity (Wildman–Crippen MR) is 155 cm³/mol. The van der Waals surface area contributed by atoms with E-state index in [4.69, 9.17) is 4.42 Å². The van der Waals surface area contributed by atoms with Crippen molar-refractivity contribution < 1.29 is 18.8 Å². The van der Waals surface area contributed by atoms with Crippen LogP contribution < -0.4 is 16.4 Å². The Balaban J connectivity index is 1.41. The van der Waals surface area contributed by atoms with Crippen LogP contribution in [-0.2, 0) is 17.9 Å². The Morgan fingerprint density at radius 2 is 1.66 bits per heavy atom. The van der Waals surface area contributed by atoms with Crippen molar-refractivity contribution in [3.8, 4) is 0 Å². The third kappa shape index (κ3) is 8.38. The molecular weight excluding hydrogens is 522 g/mol. The fraction of sp³-hybridized carbons (Fsp3) is 0.645. The summed E-state index contributed by atoms with van der Waals surface area (Å²) in [6.07, 6.45) is 5.94. The Morgan fingerprint density at radius 1 is 0.976 bits per heavy atom. The summed E-state index contributed by atoms with van der Waals surface area (Å²) >= 11 is 0. The van der Waals surface area contributed by atoms with Crippen molar-refractivity contribution in [1.29, 1.82) is 0 Å². The van der Waals surface area contributed by atoms with Gasteiger partial charge >= 0.3 is 5.76 Å². The molecule has 1 saturated carbocycles. The van der Waals surface area contributed by atoms with Gasteiger partial charge in [0.05, 0.1) is 18.5 Å². The van der Waals surface area contributed by atoms with Crippen LogP contribution in [0.5, 0.6) is 0 Å². The summed E-state index contributed by atoms with van der Waals surface area (Å²) in [6, 6.07) is 6.49. The summed E-state index contributed by atoms with van der Waals surface area (Å²) in [4.78, 5) is 54.7. The second-order valence-corrected chi connectivity index (χ2v) is 12.5. The maximum absolute atomic E-state index is 13.5. The SMILES string of the molecule is CC(C)C[C@H](NC(=O)[C@@H]1CCCC[C@@H]1NC(=O)c1ccc(CN2CCCC2)cc1)C(=O)c1nn(CC(C)C)c(=O)o1. The molecule has 2 amide bonds. The van der Waals surface area contributed by atoms with E-state index in [9.17, 15) is 19.2 Å². The molecule has 1 saturated heterocycles. The normalized spacial score (nSPS) is 20.3. The summed E-state index contributed by atoms with van der Waals surface area (Å²) in [5, 5.41) is 10.1. The van der Waals surface area contributed by atoms with E-state index in [2.05, 4.69) is 20.6 Å². The van der Waals surface area contributed by atoms with Gasteiger partial charge in [0.15, 0.2) is 0 Å². The van der Waals surface area contributed by atoms with Gasteiger partial charge in [0.2, 0.25) is 11.7 Å². The molecule has 0 radical (unpaired) electrons. The molecule has 224 valence electrons. The van der Waals surface area contributed by atoms with Crippen molar-refractivity contribution in [1.82, 2.24) is 25.3 Å². The molecule has 0 spiro atoms. The molecular formula is C31H45N5O5. The Bertz CT molecular complexity index is 1240. The monoisotopic (exact) mass is 567 g/mol. The molecule has 3 atom stereocenters. The van der Waals surface area contributed by atoms with Gasteiger partial charge in [0, 0.05) is 18.2 Å². The first kappa shape index (κ1) is 30.7. The number of carbonyl (C=O) groups excluding carboxylic acids is 3. The molecule has 2 aromatic rings. The minimum Gasteiger partial charge on any atom is -0.384 e. The van der Waals surface area contributed by atoms with E-state index < -0.39 is 23.5 Å². The van der Waals surface area contributed by atoms with Gasteiger partial charge in [0.25, 0.3) is 11.8 Å². The molecule has 1 aliphatic carbocycles. The molecule has 1 aliphatic heterocycles. The van der Waals surface area contributed by atoms with Crippen LogP contribution >= 0.6 is 0 Å². The van der Waals surface area contributed by atoms with Gasteiger partial charge in [-0.25, -0.2) is 4.79 Å². The highest BCUT2D eigenvalue weighted by molar-refractivity contribution is 5.99. The molecule has 2 heterocycles. The number of ketones is 1. The van der Waals surface area contributed by atoms with Crippen LogP contribution in [0.15, 0.2) is 33.5 Å². The van der Waals surface area contributed by atoms with Crippen LogP contribution in [0.3, 0.4) is 0 Å². The summed E-state index contributed by atoms with van der Waals surface area (Å²) in [6.45, 7) is 11.3. The number of likely N-dealkylation sites (tertiary alicyclic amines) is 1. The number of aromatic nitrogens is 2. The highest BCUT2D eigenvalue weighted by atomic mass is 16.4. The van der Waals surface area contributed by atoms with Gasteiger partial charge in [0.1, 0.15) is 0 Å². The van der Waals surface area contributed by atoms with Crippen LogP contribution in [-0.4, -0.2) is 57.5 Å². The van der Waals surface area contributed by atoms with E-state index in [1.165, 1.54) is 18.4 Å². The molecule has 2 fully saturated rings. The van der Waals surface area contributed by atoms with Crippen molar-refractivity contribution >= 4 is 17.6 Å². The summed E-state index contributed by atoms with van der Waals surface area (Å²) in [7, 11) is 0. The second-order valence-electron chi connectivity index (χ2n) is 12.5. The second kappa shape index (κ2) is 14.1. The number of rotatable bonds is 12. The lowest BCUT2D eigenvalue weighted by Crippen LogP contribution is -2.52. The van der Waals surface area contributed by atoms with Gasteiger partial charge in [-0.05, 0) is 74.7 Å². The number of Topliss-reactive ketones (excluding diaryl/α,β-unsaturated/α-hetero) is 1. The molecule has 41 heavy (non-hydrogen) atoms. The summed E-state index contributed by atoms with van der Waals surface area (Å²) in [5.74, 6) is -2.18. The number of carbonyl (C=O) groups is 3. The minimum absolute atomic E-state index is 0.101. The van der Waals surface area contributed by atoms with E-state index in [0.717, 1.165) is 37.2 Å². The third-order valence-corrected chi connectivity index (χ3v) is 7.94. The lowest BCUT2D eigenvalue weighted by atomic mass is 9.83. The molecule has 0 bridgehead atoms. The maximum atomic E-state index is 13.5. The molecule has 1 aromatic heterocycles. The largest absolute Gasteiger partial charge is 0.437 e. The quantitative estimate of drug-likeness (QED) is 0.374. The van der Waals surface area contributed by atoms with Crippen LogP contribution in [0.4, 0.5) is 0 Å². The van der Waals surface area contributed by atoms with Gasteiger partial charge in [-0.15, -0.1) is 5.10 Å². The van der Waals surface area contributed by atoms with Crippen molar-refractivity contribution in [3.05, 3.63) is 51.8 Å². The predicted octanol–water partition coefficient (Wildman–Crippen LogP) is 3.79. The first-order valence-corrected chi connectivity index (χ1v) is 15.2. The summed E-state index contributed by atoms with van der Waals surface area (Å²) < 4.78 is 6.32. The first-order valence-electron chi connectivity index (χ1n) is 15.2. The zero-order chi connectivity index (χ0) is 29.5. The zero-order valence-corrected chi connectivity index (χ0v) is 24.9. The Labute approximate surface area is 242 Å². The fourth-order valence-corrected chi connectivity index (χ4v) is 5.83. The number of hydrogen-bond donors (Lipinski definition) is 2. The van der Waals surface area contributed by atoms with Crippen LogP contribution in [0.25, 0.3) is 0 Å². The van der Waals surface area contributed by atoms with Crippen LogP contribution in [0.1, 0.15) is 99.2 Å². The van der Waals surface area contributed by atoms with Crippen molar-refractivity contribution in [2.45, 2.75) is 97.8 Å². The fourth-order valence-electron chi connectivity index (χ4n) is 5.83. The number of benzene rings is 1. The molecule has 0 unspecified atom stereocenters. The standard InChI is InChI=1S/C31H45N5O5/c1-20(2)17-26(27(37)30-34-36(18-21(3)4)31(40)41-30)33-29(39)24-9-5-6-10-25(24)32-28(38)23-13-11-22(12-14-23)19-35-15-7-8-16-35/h11-14,20-21,24-26H,5-10,15-19H2,1-4H3,(H,32,38)(H,33,39)/t24-,25+,26+/m1/s1. The molecule has 1 aromatic carbocycles. The number of hydrogen-bond acceptors (Lipinski definition) is 7. The molecule has 10 heteroatoms. The van der Waals surface area contributed by atoms with Crippen molar-refractivity contribution in [2.75, 3.05) is 13.1 Å². The van der Waals surface area contributed by atoms with Gasteiger partial charge in [-0.2, -0.15) is 4.68 Å². The smallest absolute Gasteiger partial charge is 0.384 e. The molecule has 2 aliphatic rings. The Morgan fingerprint density at radius 3 is 2.32 bits per heavy atom. The van der Waals surface area contributed by atoms with Crippen molar-refractivity contribution in [2.24, 2.45) is 17.8 Å². The van der Waals surface area contributed by atoms with Crippen LogP contribution in [0, 0.1) is 17.8 Å². The van der Waals surface area contributed by atoms with Crippen LogP contribution in [0.2, 0.25) is 0 Å². The number of amides is 2. The number of nitrogens with one attached hydrogen (secondary N) is 2. The molecule has 4 rings (SSSR count). The minimum atomic E-state index is -0.880. The highest BCUT2D eigenvalue weighted by Gasteiger charge is 2.36. The van der Waals surface area contributed by atoms with E-state index in [1.54, 1.807) is 0 Å². The molecule has 2 N–H and O–H groups in total. The van der Waals surface area contributed by atoms with Gasteiger partial charge in [-0.1, -0.05) is 52.7 Å². The van der Waals surface area contributed by atoms with E-state index in [1.807, 2.05) is 52.0 Å².